The van der Waals surface area contributed by atoms with E-state index in [0.717, 1.165) is 0 Å². The highest BCUT2D eigenvalue weighted by Gasteiger charge is 2.25. The summed E-state index contributed by atoms with van der Waals surface area (Å²) in [6.45, 7) is 0. The first-order valence-electron chi connectivity index (χ1n) is 13.5. The van der Waals surface area contributed by atoms with Crippen LogP contribution < -0.4 is 15.9 Å². The van der Waals surface area contributed by atoms with Gasteiger partial charge in [0, 0.05) is 0 Å². The fourth-order valence-electron chi connectivity index (χ4n) is 6.25. The molecule has 0 spiro atoms. The highest BCUT2D eigenvalue weighted by Crippen LogP contribution is 2.51. The summed E-state index contributed by atoms with van der Waals surface area (Å²) in [4.78, 5) is 0. The highest BCUT2D eigenvalue weighted by molar-refractivity contribution is 7.80. The number of hydrogen-bond donors (Lipinski definition) is 0. The highest BCUT2D eigenvalue weighted by atomic mass is 31.1. The van der Waals surface area contributed by atoms with Gasteiger partial charge in [-0.05, 0) is 90.9 Å². The minimum Gasteiger partial charge on any atom is -0.0622 e. The first-order chi connectivity index (χ1) is 19.4. The smallest absolute Gasteiger partial charge is 0.00201 e. The Morgan fingerprint density at radius 2 is 0.846 bits per heavy atom. The van der Waals surface area contributed by atoms with Gasteiger partial charge < -0.3 is 0 Å². The van der Waals surface area contributed by atoms with Gasteiger partial charge in [0.2, 0.25) is 0 Å². The number of fused-ring (bicyclic) bond motifs is 4. The van der Waals surface area contributed by atoms with Crippen LogP contribution >= 0.6 is 7.92 Å². The molecule has 0 fully saturated rings. The summed E-state index contributed by atoms with van der Waals surface area (Å²) in [5, 5.41) is 9.43. The molecule has 0 heterocycles. The number of rotatable bonds is 4. The quantitative estimate of drug-likeness (QED) is 0.206. The zero-order valence-electron chi connectivity index (χ0n) is 21.4. The van der Waals surface area contributed by atoms with E-state index >= 15 is 0 Å². The van der Waals surface area contributed by atoms with E-state index in [9.17, 15) is 0 Å². The summed E-state index contributed by atoms with van der Waals surface area (Å²) in [6.07, 6.45) is 0. The van der Waals surface area contributed by atoms with Crippen molar-refractivity contribution < 1.29 is 0 Å². The molecule has 1 aliphatic rings. The Kier molecular flexibility index (Phi) is 5.22. The molecule has 0 nitrogen and oxygen atoms in total. The lowest BCUT2D eigenvalue weighted by Crippen LogP contribution is -2.22. The van der Waals surface area contributed by atoms with Gasteiger partial charge in [0.05, 0.1) is 0 Å². The average Bonchev–Trinajstić information content (AvgIpc) is 3.32. The summed E-state index contributed by atoms with van der Waals surface area (Å²) >= 11 is 0. The second-order valence-corrected chi connectivity index (χ2v) is 12.3. The monoisotopic (exact) mass is 512 g/mol. The van der Waals surface area contributed by atoms with Crippen LogP contribution in [-0.2, 0) is 0 Å². The van der Waals surface area contributed by atoms with E-state index < -0.39 is 7.92 Å². The second kappa shape index (κ2) is 9.05. The first-order valence-corrected chi connectivity index (χ1v) is 14.8. The lowest BCUT2D eigenvalue weighted by Gasteiger charge is -2.23. The van der Waals surface area contributed by atoms with Crippen LogP contribution in [0.1, 0.15) is 0 Å². The van der Waals surface area contributed by atoms with Gasteiger partial charge in [-0.2, -0.15) is 0 Å². The van der Waals surface area contributed by atoms with Gasteiger partial charge in [0.25, 0.3) is 0 Å². The summed E-state index contributed by atoms with van der Waals surface area (Å²) in [6, 6.07) is 56.0. The Morgan fingerprint density at radius 1 is 0.333 bits per heavy atom. The van der Waals surface area contributed by atoms with E-state index in [1.807, 2.05) is 0 Å². The van der Waals surface area contributed by atoms with Gasteiger partial charge in [0.15, 0.2) is 0 Å². The van der Waals surface area contributed by atoms with Crippen molar-refractivity contribution in [1.29, 1.82) is 0 Å². The lowest BCUT2D eigenvalue weighted by molar-refractivity contribution is 1.69. The van der Waals surface area contributed by atoms with Crippen LogP contribution in [0.2, 0.25) is 0 Å². The van der Waals surface area contributed by atoms with E-state index in [-0.39, 0.29) is 0 Å². The number of benzene rings is 7. The maximum absolute atomic E-state index is 2.37. The molecule has 1 heteroatoms. The summed E-state index contributed by atoms with van der Waals surface area (Å²) in [5.74, 6) is 0. The van der Waals surface area contributed by atoms with Gasteiger partial charge in [-0.25, -0.2) is 0 Å². The van der Waals surface area contributed by atoms with Gasteiger partial charge in [0.1, 0.15) is 0 Å². The van der Waals surface area contributed by atoms with E-state index in [0.29, 0.717) is 0 Å². The molecule has 0 saturated carbocycles. The Bertz CT molecular complexity index is 1920. The molecule has 0 aromatic heterocycles. The van der Waals surface area contributed by atoms with Crippen molar-refractivity contribution in [2.24, 2.45) is 0 Å². The minimum atomic E-state index is -0.714. The molecule has 0 unspecified atom stereocenters. The third kappa shape index (κ3) is 3.57. The Balaban J connectivity index is 1.38. The van der Waals surface area contributed by atoms with E-state index in [2.05, 4.69) is 152 Å². The Morgan fingerprint density at radius 3 is 1.51 bits per heavy atom. The summed E-state index contributed by atoms with van der Waals surface area (Å²) in [5.41, 5.74) is 8.00. The molecule has 0 bridgehead atoms. The van der Waals surface area contributed by atoms with Crippen LogP contribution in [0.15, 0.2) is 152 Å². The molecular formula is C38H25P. The average molecular weight is 513 g/mol. The molecule has 7 aromatic rings. The van der Waals surface area contributed by atoms with Crippen molar-refractivity contribution in [3.63, 3.8) is 0 Å². The molecule has 1 aliphatic carbocycles. The van der Waals surface area contributed by atoms with Crippen molar-refractivity contribution in [1.82, 2.24) is 0 Å². The van der Waals surface area contributed by atoms with E-state index in [1.165, 1.54) is 70.8 Å². The Hall–Kier alpha value is -4.51. The lowest BCUT2D eigenvalue weighted by atomic mass is 9.94. The normalized spacial score (nSPS) is 11.8. The van der Waals surface area contributed by atoms with E-state index in [4.69, 9.17) is 0 Å². The van der Waals surface area contributed by atoms with Crippen molar-refractivity contribution in [2.75, 3.05) is 0 Å². The summed E-state index contributed by atoms with van der Waals surface area (Å²) in [7, 11) is -0.714. The third-order valence-corrected chi connectivity index (χ3v) is 10.5. The fourth-order valence-corrected chi connectivity index (χ4v) is 8.72. The second-order valence-electron chi connectivity index (χ2n) is 10.2. The molecule has 0 saturated heterocycles. The van der Waals surface area contributed by atoms with Crippen molar-refractivity contribution >= 4 is 45.4 Å². The first kappa shape index (κ1) is 22.5. The molecule has 39 heavy (non-hydrogen) atoms. The SMILES string of the molecule is c1ccc(P(c2ccccc2)c2ccccc2-c2ccc3c4c(cccc24)-c2cc4ccccc4cc2-3)cc1. The number of hydrogen-bond acceptors (Lipinski definition) is 0. The maximum atomic E-state index is 2.37. The molecule has 0 aliphatic heterocycles. The topological polar surface area (TPSA) is 0 Å². The molecule has 8 rings (SSSR count). The van der Waals surface area contributed by atoms with Crippen LogP contribution in [0, 0.1) is 0 Å². The van der Waals surface area contributed by atoms with Gasteiger partial charge in [-0.3, -0.25) is 0 Å². The standard InChI is InChI=1S/C38H25P/c1-3-14-28(15-4-1)39(29-16-5-2-6-17-29)37-21-10-9-18-31(37)30-22-23-34-36-25-27-13-8-7-12-26(27)24-35(36)33-20-11-19-32(30)38(33)34/h1-25H. The molecule has 7 aromatic carbocycles. The maximum Gasteiger partial charge on any atom is -0.00201 e. The summed E-state index contributed by atoms with van der Waals surface area (Å²) < 4.78 is 0. The van der Waals surface area contributed by atoms with Gasteiger partial charge in [-0.1, -0.05) is 140 Å². The molecule has 0 N–H and O–H groups in total. The fraction of sp³-hybridized carbons (Fsp3) is 0. The van der Waals surface area contributed by atoms with Crippen LogP contribution in [0.25, 0.3) is 54.9 Å². The van der Waals surface area contributed by atoms with Crippen molar-refractivity contribution in [2.45, 2.75) is 0 Å². The van der Waals surface area contributed by atoms with Crippen molar-refractivity contribution in [3.8, 4) is 33.4 Å². The molecule has 182 valence electrons. The van der Waals surface area contributed by atoms with Crippen LogP contribution in [0.3, 0.4) is 0 Å². The van der Waals surface area contributed by atoms with Crippen LogP contribution in [0.4, 0.5) is 0 Å². The van der Waals surface area contributed by atoms with Crippen molar-refractivity contribution in [3.05, 3.63) is 152 Å². The molecule has 0 radical (unpaired) electrons. The zero-order chi connectivity index (χ0) is 25.8. The third-order valence-electron chi connectivity index (χ3n) is 7.97. The van der Waals surface area contributed by atoms with Gasteiger partial charge in [-0.15, -0.1) is 0 Å². The largest absolute Gasteiger partial charge is 0.0622 e. The predicted molar refractivity (Wildman–Crippen MR) is 170 cm³/mol. The molecule has 0 atom stereocenters. The molecule has 0 amide bonds. The zero-order valence-corrected chi connectivity index (χ0v) is 22.3. The van der Waals surface area contributed by atoms with E-state index in [1.54, 1.807) is 0 Å². The van der Waals surface area contributed by atoms with Crippen LogP contribution in [0.5, 0.6) is 0 Å². The minimum absolute atomic E-state index is 0.714. The Labute approximate surface area is 230 Å². The van der Waals surface area contributed by atoms with Gasteiger partial charge >= 0.3 is 0 Å². The molecular weight excluding hydrogens is 487 g/mol. The predicted octanol–water partition coefficient (Wildman–Crippen LogP) is 9.07. The van der Waals surface area contributed by atoms with Crippen LogP contribution in [-0.4, -0.2) is 0 Å².